The number of carbonyl (C=O) groups excluding carboxylic acids is 1. The Morgan fingerprint density at radius 1 is 1.50 bits per heavy atom. The zero-order valence-electron chi connectivity index (χ0n) is 14.5. The molecule has 2 N–H and O–H groups in total. The average molecular weight is 333 g/mol. The second-order valence-corrected chi connectivity index (χ2v) is 5.84. The van der Waals surface area contributed by atoms with Crippen LogP contribution in [0.5, 0.6) is 0 Å². The van der Waals surface area contributed by atoms with Crippen molar-refractivity contribution >= 4 is 11.9 Å². The van der Waals surface area contributed by atoms with Gasteiger partial charge in [-0.2, -0.15) is 0 Å². The average Bonchev–Trinajstić information content (AvgIpc) is 3.11. The van der Waals surface area contributed by atoms with E-state index in [4.69, 9.17) is 4.74 Å². The number of amides is 1. The van der Waals surface area contributed by atoms with Gasteiger partial charge in [0.25, 0.3) is 5.91 Å². The molecule has 1 saturated heterocycles. The van der Waals surface area contributed by atoms with E-state index in [1.807, 2.05) is 14.0 Å². The van der Waals surface area contributed by atoms with Crippen LogP contribution in [0.2, 0.25) is 0 Å². The Labute approximate surface area is 143 Å². The lowest BCUT2D eigenvalue weighted by atomic mass is 10.1. The fraction of sp³-hybridized carbons (Fsp3) is 0.588. The molecule has 0 radical (unpaired) electrons. The standard InChI is InChI=1S/C17H27N5O2/c1-3-19-17(22(2)12-14-6-10-24-13-14)21-9-8-20-16(23)15-5-4-7-18-11-15/h4-5,7,11,14H,3,6,8-10,12-13H2,1-2H3,(H,19,21)(H,20,23). The molecular formula is C17H27N5O2. The van der Waals surface area contributed by atoms with Gasteiger partial charge in [0.15, 0.2) is 5.96 Å². The van der Waals surface area contributed by atoms with E-state index in [2.05, 4.69) is 25.5 Å². The summed E-state index contributed by atoms with van der Waals surface area (Å²) >= 11 is 0. The van der Waals surface area contributed by atoms with Gasteiger partial charge in [0.05, 0.1) is 18.7 Å². The van der Waals surface area contributed by atoms with Crippen LogP contribution >= 0.6 is 0 Å². The molecule has 0 saturated carbocycles. The maximum Gasteiger partial charge on any atom is 0.252 e. The van der Waals surface area contributed by atoms with Crippen LogP contribution in [0, 0.1) is 5.92 Å². The summed E-state index contributed by atoms with van der Waals surface area (Å²) in [6, 6.07) is 3.49. The number of aromatic nitrogens is 1. The molecule has 132 valence electrons. The van der Waals surface area contributed by atoms with Gasteiger partial charge >= 0.3 is 0 Å². The molecule has 7 heteroatoms. The minimum Gasteiger partial charge on any atom is -0.381 e. The van der Waals surface area contributed by atoms with Gasteiger partial charge in [-0.1, -0.05) is 0 Å². The Morgan fingerprint density at radius 3 is 3.04 bits per heavy atom. The van der Waals surface area contributed by atoms with Crippen molar-refractivity contribution < 1.29 is 9.53 Å². The maximum absolute atomic E-state index is 11.9. The van der Waals surface area contributed by atoms with Crippen LogP contribution in [0.1, 0.15) is 23.7 Å². The molecular weight excluding hydrogens is 306 g/mol. The maximum atomic E-state index is 11.9. The third kappa shape index (κ3) is 5.81. The third-order valence-electron chi connectivity index (χ3n) is 3.84. The Balaban J connectivity index is 1.78. The molecule has 1 atom stereocenters. The number of carbonyl (C=O) groups is 1. The number of rotatable bonds is 7. The Hall–Kier alpha value is -2.15. The van der Waals surface area contributed by atoms with Gasteiger partial charge in [-0.05, 0) is 25.5 Å². The van der Waals surface area contributed by atoms with E-state index in [0.29, 0.717) is 24.6 Å². The largest absolute Gasteiger partial charge is 0.381 e. The molecule has 0 aromatic carbocycles. The smallest absolute Gasteiger partial charge is 0.252 e. The first-order valence-electron chi connectivity index (χ1n) is 8.46. The Morgan fingerprint density at radius 2 is 2.38 bits per heavy atom. The van der Waals surface area contributed by atoms with E-state index in [0.717, 1.165) is 38.7 Å². The number of hydrogen-bond donors (Lipinski definition) is 2. The number of nitrogens with zero attached hydrogens (tertiary/aromatic N) is 3. The molecule has 1 unspecified atom stereocenters. The van der Waals surface area contributed by atoms with E-state index < -0.39 is 0 Å². The normalized spacial score (nSPS) is 17.6. The quantitative estimate of drug-likeness (QED) is 0.437. The summed E-state index contributed by atoms with van der Waals surface area (Å²) in [7, 11) is 2.04. The lowest BCUT2D eigenvalue weighted by molar-refractivity contribution is 0.0954. The fourth-order valence-corrected chi connectivity index (χ4v) is 2.60. The summed E-state index contributed by atoms with van der Waals surface area (Å²) in [4.78, 5) is 22.6. The first-order chi connectivity index (χ1) is 11.7. The molecule has 1 aromatic heterocycles. The van der Waals surface area contributed by atoms with Crippen molar-refractivity contribution in [2.45, 2.75) is 13.3 Å². The van der Waals surface area contributed by atoms with E-state index in [9.17, 15) is 4.79 Å². The molecule has 0 aliphatic carbocycles. The van der Waals surface area contributed by atoms with E-state index >= 15 is 0 Å². The van der Waals surface area contributed by atoms with Gasteiger partial charge in [-0.15, -0.1) is 0 Å². The van der Waals surface area contributed by atoms with Crippen LogP contribution in [0.3, 0.4) is 0 Å². The monoisotopic (exact) mass is 333 g/mol. The Bertz CT molecular complexity index is 529. The molecule has 2 heterocycles. The molecule has 1 amide bonds. The highest BCUT2D eigenvalue weighted by molar-refractivity contribution is 5.93. The van der Waals surface area contributed by atoms with Crippen LogP contribution in [0.15, 0.2) is 29.5 Å². The molecule has 1 fully saturated rings. The van der Waals surface area contributed by atoms with Crippen molar-refractivity contribution in [2.75, 3.05) is 46.4 Å². The minimum atomic E-state index is -0.125. The zero-order chi connectivity index (χ0) is 17.2. The molecule has 0 bridgehead atoms. The van der Waals surface area contributed by atoms with Gasteiger partial charge in [-0.25, -0.2) is 0 Å². The van der Waals surface area contributed by atoms with Crippen LogP contribution < -0.4 is 10.6 Å². The van der Waals surface area contributed by atoms with E-state index in [-0.39, 0.29) is 5.91 Å². The Kier molecular flexibility index (Phi) is 7.48. The van der Waals surface area contributed by atoms with Gasteiger partial charge in [-0.3, -0.25) is 14.8 Å². The van der Waals surface area contributed by atoms with E-state index in [1.54, 1.807) is 24.5 Å². The van der Waals surface area contributed by atoms with Gasteiger partial charge in [0.2, 0.25) is 0 Å². The zero-order valence-corrected chi connectivity index (χ0v) is 14.5. The third-order valence-corrected chi connectivity index (χ3v) is 3.84. The second kappa shape index (κ2) is 9.87. The fourth-order valence-electron chi connectivity index (χ4n) is 2.60. The summed E-state index contributed by atoms with van der Waals surface area (Å²) in [5.41, 5.74) is 0.562. The van der Waals surface area contributed by atoms with Crippen molar-refractivity contribution in [3.8, 4) is 0 Å². The first kappa shape index (κ1) is 18.2. The second-order valence-electron chi connectivity index (χ2n) is 5.84. The van der Waals surface area contributed by atoms with Crippen LogP contribution in [0.4, 0.5) is 0 Å². The molecule has 1 aromatic rings. The van der Waals surface area contributed by atoms with Gasteiger partial charge in [0.1, 0.15) is 0 Å². The lowest BCUT2D eigenvalue weighted by Gasteiger charge is -2.24. The highest BCUT2D eigenvalue weighted by atomic mass is 16.5. The predicted molar refractivity (Wildman–Crippen MR) is 94.1 cm³/mol. The summed E-state index contributed by atoms with van der Waals surface area (Å²) < 4.78 is 5.43. The van der Waals surface area contributed by atoms with Crippen LogP contribution in [-0.2, 0) is 4.74 Å². The number of guanidine groups is 1. The number of aliphatic imine (C=N–C) groups is 1. The summed E-state index contributed by atoms with van der Waals surface area (Å²) in [6.07, 6.45) is 4.31. The minimum absolute atomic E-state index is 0.125. The predicted octanol–water partition coefficient (Wildman–Crippen LogP) is 0.745. The van der Waals surface area contributed by atoms with E-state index in [1.165, 1.54) is 0 Å². The SMILES string of the molecule is CCNC(=NCCNC(=O)c1cccnc1)N(C)CC1CCOC1. The highest BCUT2D eigenvalue weighted by Gasteiger charge is 2.18. The van der Waals surface area contributed by atoms with Crippen molar-refractivity contribution in [3.05, 3.63) is 30.1 Å². The molecule has 7 nitrogen and oxygen atoms in total. The topological polar surface area (TPSA) is 78.8 Å². The van der Waals surface area contributed by atoms with Crippen molar-refractivity contribution in [1.82, 2.24) is 20.5 Å². The van der Waals surface area contributed by atoms with Crippen molar-refractivity contribution in [3.63, 3.8) is 0 Å². The summed E-state index contributed by atoms with van der Waals surface area (Å²) in [5, 5.41) is 6.14. The number of hydrogen-bond acceptors (Lipinski definition) is 4. The molecule has 2 rings (SSSR count). The highest BCUT2D eigenvalue weighted by Crippen LogP contribution is 2.13. The van der Waals surface area contributed by atoms with Crippen molar-refractivity contribution in [2.24, 2.45) is 10.9 Å². The number of ether oxygens (including phenoxy) is 1. The number of nitrogens with one attached hydrogen (secondary N) is 2. The number of pyridine rings is 1. The van der Waals surface area contributed by atoms with Gasteiger partial charge in [0, 0.05) is 51.6 Å². The first-order valence-corrected chi connectivity index (χ1v) is 8.46. The molecule has 1 aliphatic rings. The van der Waals surface area contributed by atoms with Crippen LogP contribution in [0.25, 0.3) is 0 Å². The molecule has 1 aliphatic heterocycles. The molecule has 24 heavy (non-hydrogen) atoms. The van der Waals surface area contributed by atoms with Crippen molar-refractivity contribution in [1.29, 1.82) is 0 Å². The summed E-state index contributed by atoms with van der Waals surface area (Å²) in [5.74, 6) is 1.30. The lowest BCUT2D eigenvalue weighted by Crippen LogP contribution is -2.42. The summed E-state index contributed by atoms with van der Waals surface area (Å²) in [6.45, 7) is 6.48. The van der Waals surface area contributed by atoms with Crippen LogP contribution in [-0.4, -0.2) is 68.2 Å². The van der Waals surface area contributed by atoms with Gasteiger partial charge < -0.3 is 20.3 Å². The molecule has 0 spiro atoms.